The molecule has 0 radical (unpaired) electrons. The van der Waals surface area contributed by atoms with Gasteiger partial charge in [0, 0.05) is 11.3 Å². The summed E-state index contributed by atoms with van der Waals surface area (Å²) in [6.45, 7) is 0. The van der Waals surface area contributed by atoms with Gasteiger partial charge in [-0.15, -0.1) is 0 Å². The summed E-state index contributed by atoms with van der Waals surface area (Å²) in [6, 6.07) is 5.76. The SMILES string of the molecule is NC(=S)c1cc(F)ccc1Nc1ccc(C(F)(F)F)nc1. The van der Waals surface area contributed by atoms with Crippen LogP contribution in [0.2, 0.25) is 0 Å². The van der Waals surface area contributed by atoms with Gasteiger partial charge in [0.25, 0.3) is 0 Å². The van der Waals surface area contributed by atoms with Gasteiger partial charge in [0.1, 0.15) is 16.5 Å². The maximum atomic E-state index is 13.2. The van der Waals surface area contributed by atoms with Crippen LogP contribution in [0.3, 0.4) is 0 Å². The molecule has 1 heterocycles. The molecule has 2 aromatic rings. The van der Waals surface area contributed by atoms with E-state index in [1.165, 1.54) is 18.2 Å². The number of halogens is 4. The van der Waals surface area contributed by atoms with Gasteiger partial charge in [0.2, 0.25) is 0 Å². The minimum atomic E-state index is -4.50. The maximum absolute atomic E-state index is 13.2. The van der Waals surface area contributed by atoms with Crippen molar-refractivity contribution in [1.29, 1.82) is 0 Å². The van der Waals surface area contributed by atoms with E-state index in [4.69, 9.17) is 18.0 Å². The van der Waals surface area contributed by atoms with Gasteiger partial charge in [-0.3, -0.25) is 0 Å². The lowest BCUT2D eigenvalue weighted by molar-refractivity contribution is -0.141. The van der Waals surface area contributed by atoms with Crippen LogP contribution in [-0.2, 0) is 6.18 Å². The largest absolute Gasteiger partial charge is 0.433 e. The number of nitrogens with zero attached hydrogens (tertiary/aromatic N) is 1. The summed E-state index contributed by atoms with van der Waals surface area (Å²) in [7, 11) is 0. The first kappa shape index (κ1) is 15.2. The Bertz CT molecular complexity index is 668. The van der Waals surface area contributed by atoms with Crippen LogP contribution in [0.25, 0.3) is 0 Å². The van der Waals surface area contributed by atoms with E-state index in [2.05, 4.69) is 10.3 Å². The lowest BCUT2D eigenvalue weighted by Crippen LogP contribution is -2.12. The van der Waals surface area contributed by atoms with Crippen molar-refractivity contribution in [1.82, 2.24) is 4.98 Å². The molecular formula is C13H9F4N3S. The van der Waals surface area contributed by atoms with Crippen molar-refractivity contribution in [2.75, 3.05) is 5.32 Å². The number of hydrogen-bond acceptors (Lipinski definition) is 3. The van der Waals surface area contributed by atoms with Gasteiger partial charge in [0.15, 0.2) is 0 Å². The van der Waals surface area contributed by atoms with Gasteiger partial charge >= 0.3 is 6.18 Å². The van der Waals surface area contributed by atoms with Crippen molar-refractivity contribution in [3.8, 4) is 0 Å². The van der Waals surface area contributed by atoms with Crippen molar-refractivity contribution >= 4 is 28.6 Å². The van der Waals surface area contributed by atoms with E-state index in [1.807, 2.05) is 0 Å². The summed E-state index contributed by atoms with van der Waals surface area (Å²) >= 11 is 4.80. The Labute approximate surface area is 122 Å². The van der Waals surface area contributed by atoms with E-state index in [0.29, 0.717) is 11.4 Å². The second-order valence-electron chi connectivity index (χ2n) is 4.11. The third-order valence-corrected chi connectivity index (χ3v) is 2.80. The molecule has 0 aliphatic carbocycles. The normalized spacial score (nSPS) is 11.2. The number of hydrogen-bond donors (Lipinski definition) is 2. The van der Waals surface area contributed by atoms with Gasteiger partial charge in [-0.2, -0.15) is 13.2 Å². The van der Waals surface area contributed by atoms with Gasteiger partial charge in [-0.05, 0) is 30.3 Å². The molecule has 0 saturated heterocycles. The average Bonchev–Trinajstić information content (AvgIpc) is 2.40. The summed E-state index contributed by atoms with van der Waals surface area (Å²) in [5.74, 6) is -0.520. The third-order valence-electron chi connectivity index (χ3n) is 2.58. The second-order valence-corrected chi connectivity index (χ2v) is 4.55. The number of nitrogens with one attached hydrogen (secondary N) is 1. The Balaban J connectivity index is 2.28. The molecule has 0 aliphatic heterocycles. The van der Waals surface area contributed by atoms with Crippen molar-refractivity contribution in [3.05, 3.63) is 53.6 Å². The van der Waals surface area contributed by atoms with Crippen molar-refractivity contribution in [2.45, 2.75) is 6.18 Å². The molecule has 8 heteroatoms. The van der Waals surface area contributed by atoms with E-state index in [9.17, 15) is 17.6 Å². The van der Waals surface area contributed by atoms with E-state index >= 15 is 0 Å². The standard InChI is InChI=1S/C13H9F4N3S/c14-7-1-3-10(9(5-7)12(18)21)20-8-2-4-11(19-6-8)13(15,16)17/h1-6,20H,(H2,18,21). The highest BCUT2D eigenvalue weighted by Gasteiger charge is 2.32. The Morgan fingerprint density at radius 2 is 1.90 bits per heavy atom. The summed E-state index contributed by atoms with van der Waals surface area (Å²) in [5.41, 5.74) is 5.41. The Kier molecular flexibility index (Phi) is 4.08. The Morgan fingerprint density at radius 3 is 2.43 bits per heavy atom. The van der Waals surface area contributed by atoms with Crippen molar-refractivity contribution in [2.24, 2.45) is 5.73 Å². The molecule has 3 nitrogen and oxygen atoms in total. The zero-order valence-electron chi connectivity index (χ0n) is 10.4. The fourth-order valence-electron chi connectivity index (χ4n) is 1.62. The molecular weight excluding hydrogens is 306 g/mol. The predicted molar refractivity (Wildman–Crippen MR) is 74.8 cm³/mol. The van der Waals surface area contributed by atoms with Crippen molar-refractivity contribution in [3.63, 3.8) is 0 Å². The third kappa shape index (κ3) is 3.66. The van der Waals surface area contributed by atoms with Crippen LogP contribution in [0.15, 0.2) is 36.5 Å². The van der Waals surface area contributed by atoms with Gasteiger partial charge in [0.05, 0.1) is 11.9 Å². The molecule has 0 spiro atoms. The molecule has 0 amide bonds. The smallest absolute Gasteiger partial charge is 0.389 e. The average molecular weight is 315 g/mol. The summed E-state index contributed by atoms with van der Waals surface area (Å²) in [6.07, 6.45) is -3.48. The monoisotopic (exact) mass is 315 g/mol. The van der Waals surface area contributed by atoms with Gasteiger partial charge in [-0.25, -0.2) is 9.37 Å². The number of aromatic nitrogens is 1. The van der Waals surface area contributed by atoms with Gasteiger partial charge in [-0.1, -0.05) is 12.2 Å². The minimum absolute atomic E-state index is 0.0307. The first-order valence-corrected chi connectivity index (χ1v) is 6.08. The first-order valence-electron chi connectivity index (χ1n) is 5.67. The number of benzene rings is 1. The molecule has 0 atom stereocenters. The Morgan fingerprint density at radius 1 is 1.19 bits per heavy atom. The molecule has 21 heavy (non-hydrogen) atoms. The van der Waals surface area contributed by atoms with Crippen molar-refractivity contribution < 1.29 is 17.6 Å². The predicted octanol–water partition coefficient (Wildman–Crippen LogP) is 3.62. The number of anilines is 2. The topological polar surface area (TPSA) is 50.9 Å². The van der Waals surface area contributed by atoms with Crippen LogP contribution >= 0.6 is 12.2 Å². The van der Waals surface area contributed by atoms with Crippen LogP contribution in [-0.4, -0.2) is 9.97 Å². The van der Waals surface area contributed by atoms with E-state index in [0.717, 1.165) is 18.3 Å². The molecule has 0 unspecified atom stereocenters. The van der Waals surface area contributed by atoms with Crippen LogP contribution < -0.4 is 11.1 Å². The molecule has 0 saturated carbocycles. The highest BCUT2D eigenvalue weighted by molar-refractivity contribution is 7.80. The van der Waals surface area contributed by atoms with Crippen LogP contribution in [0.4, 0.5) is 28.9 Å². The summed E-state index contributed by atoms with van der Waals surface area (Å²) in [4.78, 5) is 3.28. The molecule has 1 aromatic heterocycles. The first-order chi connectivity index (χ1) is 9.77. The molecule has 0 bridgehead atoms. The molecule has 0 aliphatic rings. The summed E-state index contributed by atoms with van der Waals surface area (Å²) in [5, 5.41) is 2.80. The van der Waals surface area contributed by atoms with E-state index in [-0.39, 0.29) is 10.6 Å². The van der Waals surface area contributed by atoms with Crippen LogP contribution in [0, 0.1) is 5.82 Å². The van der Waals surface area contributed by atoms with Crippen LogP contribution in [0.1, 0.15) is 11.3 Å². The number of alkyl halides is 3. The van der Waals surface area contributed by atoms with E-state index in [1.54, 1.807) is 0 Å². The lowest BCUT2D eigenvalue weighted by atomic mass is 10.1. The molecule has 110 valence electrons. The fourth-order valence-corrected chi connectivity index (χ4v) is 1.79. The number of pyridine rings is 1. The fraction of sp³-hybridized carbons (Fsp3) is 0.0769. The zero-order chi connectivity index (χ0) is 15.6. The number of nitrogens with two attached hydrogens (primary N) is 1. The number of thiocarbonyl (C=S) groups is 1. The summed E-state index contributed by atoms with van der Waals surface area (Å²) < 4.78 is 50.4. The molecule has 0 fully saturated rings. The Hall–Kier alpha value is -2.22. The second kappa shape index (κ2) is 5.65. The lowest BCUT2D eigenvalue weighted by Gasteiger charge is -2.12. The van der Waals surface area contributed by atoms with E-state index < -0.39 is 17.7 Å². The number of rotatable bonds is 3. The minimum Gasteiger partial charge on any atom is -0.389 e. The highest BCUT2D eigenvalue weighted by atomic mass is 32.1. The zero-order valence-corrected chi connectivity index (χ0v) is 11.2. The maximum Gasteiger partial charge on any atom is 0.433 e. The van der Waals surface area contributed by atoms with Gasteiger partial charge < -0.3 is 11.1 Å². The quantitative estimate of drug-likeness (QED) is 0.671. The molecule has 1 aromatic carbocycles. The van der Waals surface area contributed by atoms with Crippen LogP contribution in [0.5, 0.6) is 0 Å². The molecule has 2 rings (SSSR count). The highest BCUT2D eigenvalue weighted by Crippen LogP contribution is 2.28. The molecule has 3 N–H and O–H groups in total.